The third kappa shape index (κ3) is 4.72. The molecule has 2 aromatic carbocycles. The first-order valence-corrected chi connectivity index (χ1v) is 9.07. The Balaban J connectivity index is 1.71. The molecule has 1 unspecified atom stereocenters. The molecule has 0 bridgehead atoms. The van der Waals surface area contributed by atoms with Crippen molar-refractivity contribution in [3.63, 3.8) is 0 Å². The molecule has 0 spiro atoms. The maximum Gasteiger partial charge on any atom is 0.238 e. The fraction of sp³-hybridized carbons (Fsp3) is 0.333. The fourth-order valence-electron chi connectivity index (χ4n) is 3.38. The molecule has 0 aromatic heterocycles. The average molecular weight is 367 g/mol. The highest BCUT2D eigenvalue weighted by atomic mass is 16.5. The second-order valence-corrected chi connectivity index (χ2v) is 6.62. The van der Waals surface area contributed by atoms with Gasteiger partial charge in [-0.15, -0.1) is 0 Å². The molecule has 142 valence electrons. The Hall–Kier alpha value is -2.70. The lowest BCUT2D eigenvalue weighted by Crippen LogP contribution is -2.48. The van der Waals surface area contributed by atoms with Gasteiger partial charge in [0.1, 0.15) is 5.75 Å². The van der Waals surface area contributed by atoms with E-state index in [0.29, 0.717) is 11.3 Å². The predicted molar refractivity (Wildman–Crippen MR) is 105 cm³/mol. The van der Waals surface area contributed by atoms with Gasteiger partial charge in [0.2, 0.25) is 5.91 Å². The minimum atomic E-state index is -0.0995. The smallest absolute Gasteiger partial charge is 0.238 e. The SMILES string of the molecule is COc1ccccc1C1CNCCN1CC(=O)Nc1cccc(C(C)=O)c1. The van der Waals surface area contributed by atoms with Crippen molar-refractivity contribution in [1.29, 1.82) is 0 Å². The van der Waals surface area contributed by atoms with Gasteiger partial charge in [0.15, 0.2) is 5.78 Å². The highest BCUT2D eigenvalue weighted by Crippen LogP contribution is 2.30. The summed E-state index contributed by atoms with van der Waals surface area (Å²) in [6, 6.07) is 15.0. The maximum atomic E-state index is 12.6. The number of Topliss-reactive ketones (excluding diaryl/α,β-unsaturated/α-hetero) is 1. The van der Waals surface area contributed by atoms with Crippen LogP contribution in [0.4, 0.5) is 5.69 Å². The number of benzene rings is 2. The molecule has 0 aliphatic carbocycles. The largest absolute Gasteiger partial charge is 0.496 e. The molecular weight excluding hydrogens is 342 g/mol. The maximum absolute atomic E-state index is 12.6. The van der Waals surface area contributed by atoms with Gasteiger partial charge in [-0.25, -0.2) is 0 Å². The standard InChI is InChI=1S/C21H25N3O3/c1-15(25)16-6-5-7-17(12-16)23-21(26)14-24-11-10-22-13-19(24)18-8-3-4-9-20(18)27-2/h3-9,12,19,22H,10-11,13-14H2,1-2H3,(H,23,26). The highest BCUT2D eigenvalue weighted by molar-refractivity contribution is 5.97. The van der Waals surface area contributed by atoms with Crippen LogP contribution in [0.2, 0.25) is 0 Å². The van der Waals surface area contributed by atoms with Crippen molar-refractivity contribution in [2.75, 3.05) is 38.6 Å². The normalized spacial score (nSPS) is 17.3. The minimum Gasteiger partial charge on any atom is -0.496 e. The highest BCUT2D eigenvalue weighted by Gasteiger charge is 2.27. The summed E-state index contributed by atoms with van der Waals surface area (Å²) in [6.07, 6.45) is 0. The number of carbonyl (C=O) groups is 2. The van der Waals surface area contributed by atoms with Crippen molar-refractivity contribution in [3.8, 4) is 5.75 Å². The zero-order valence-electron chi connectivity index (χ0n) is 15.7. The van der Waals surface area contributed by atoms with E-state index in [0.717, 1.165) is 30.9 Å². The van der Waals surface area contributed by atoms with E-state index in [2.05, 4.69) is 15.5 Å². The van der Waals surface area contributed by atoms with E-state index >= 15 is 0 Å². The number of nitrogens with zero attached hydrogens (tertiary/aromatic N) is 1. The van der Waals surface area contributed by atoms with Crippen LogP contribution in [-0.4, -0.2) is 49.9 Å². The summed E-state index contributed by atoms with van der Waals surface area (Å²) >= 11 is 0. The number of rotatable bonds is 6. The lowest BCUT2D eigenvalue weighted by atomic mass is 10.0. The van der Waals surface area contributed by atoms with E-state index in [9.17, 15) is 9.59 Å². The topological polar surface area (TPSA) is 70.7 Å². The molecule has 27 heavy (non-hydrogen) atoms. The van der Waals surface area contributed by atoms with E-state index in [4.69, 9.17) is 4.74 Å². The first-order chi connectivity index (χ1) is 13.1. The number of anilines is 1. The number of nitrogens with one attached hydrogen (secondary N) is 2. The molecular formula is C21H25N3O3. The summed E-state index contributed by atoms with van der Waals surface area (Å²) in [7, 11) is 1.66. The third-order valence-corrected chi connectivity index (χ3v) is 4.75. The van der Waals surface area contributed by atoms with Gasteiger partial charge >= 0.3 is 0 Å². The molecule has 1 aliphatic heterocycles. The van der Waals surface area contributed by atoms with Gasteiger partial charge in [0, 0.05) is 36.4 Å². The Kier molecular flexibility index (Phi) is 6.21. The summed E-state index contributed by atoms with van der Waals surface area (Å²) in [4.78, 5) is 26.3. The lowest BCUT2D eigenvalue weighted by molar-refractivity contribution is -0.118. The zero-order valence-corrected chi connectivity index (χ0v) is 15.7. The number of para-hydroxylation sites is 1. The van der Waals surface area contributed by atoms with Crippen molar-refractivity contribution in [3.05, 3.63) is 59.7 Å². The number of hydrogen-bond donors (Lipinski definition) is 2. The van der Waals surface area contributed by atoms with Gasteiger partial charge in [-0.1, -0.05) is 30.3 Å². The van der Waals surface area contributed by atoms with E-state index in [1.54, 1.807) is 31.4 Å². The van der Waals surface area contributed by atoms with Gasteiger partial charge in [-0.3, -0.25) is 14.5 Å². The number of ether oxygens (including phenoxy) is 1. The van der Waals surface area contributed by atoms with Crippen molar-refractivity contribution in [2.24, 2.45) is 0 Å². The number of hydrogen-bond acceptors (Lipinski definition) is 5. The van der Waals surface area contributed by atoms with Crippen LogP contribution in [0.3, 0.4) is 0 Å². The minimum absolute atomic E-state index is 0.0237. The third-order valence-electron chi connectivity index (χ3n) is 4.75. The molecule has 1 heterocycles. The van der Waals surface area contributed by atoms with Crippen LogP contribution >= 0.6 is 0 Å². The van der Waals surface area contributed by atoms with Crippen molar-refractivity contribution >= 4 is 17.4 Å². The second kappa shape index (κ2) is 8.79. The molecule has 6 nitrogen and oxygen atoms in total. The molecule has 3 rings (SSSR count). The van der Waals surface area contributed by atoms with Gasteiger partial charge in [0.05, 0.1) is 19.7 Å². The first-order valence-electron chi connectivity index (χ1n) is 9.07. The van der Waals surface area contributed by atoms with E-state index < -0.39 is 0 Å². The summed E-state index contributed by atoms with van der Waals surface area (Å²) in [5.74, 6) is 0.702. The quantitative estimate of drug-likeness (QED) is 0.768. The van der Waals surface area contributed by atoms with Crippen LogP contribution in [0, 0.1) is 0 Å². The Morgan fingerprint density at radius 1 is 1.22 bits per heavy atom. The van der Waals surface area contributed by atoms with Crippen molar-refractivity contribution < 1.29 is 14.3 Å². The van der Waals surface area contributed by atoms with E-state index in [1.165, 1.54) is 6.92 Å². The summed E-state index contributed by atoms with van der Waals surface area (Å²) in [6.45, 7) is 4.14. The molecule has 1 fully saturated rings. The van der Waals surface area contributed by atoms with Crippen LogP contribution in [0.1, 0.15) is 28.9 Å². The van der Waals surface area contributed by atoms with Gasteiger partial charge in [-0.2, -0.15) is 0 Å². The molecule has 1 saturated heterocycles. The average Bonchev–Trinajstić information content (AvgIpc) is 2.68. The molecule has 2 N–H and O–H groups in total. The molecule has 0 saturated carbocycles. The van der Waals surface area contributed by atoms with Crippen LogP contribution < -0.4 is 15.4 Å². The number of amides is 1. The van der Waals surface area contributed by atoms with Gasteiger partial charge in [0.25, 0.3) is 0 Å². The van der Waals surface area contributed by atoms with Crippen LogP contribution in [0.25, 0.3) is 0 Å². The van der Waals surface area contributed by atoms with Crippen LogP contribution in [0.15, 0.2) is 48.5 Å². The second-order valence-electron chi connectivity index (χ2n) is 6.62. The molecule has 2 aromatic rings. The van der Waals surface area contributed by atoms with Gasteiger partial charge in [-0.05, 0) is 25.1 Å². The van der Waals surface area contributed by atoms with Crippen molar-refractivity contribution in [1.82, 2.24) is 10.2 Å². The molecule has 0 radical (unpaired) electrons. The zero-order chi connectivity index (χ0) is 19.2. The van der Waals surface area contributed by atoms with E-state index in [-0.39, 0.29) is 24.3 Å². The number of piperazine rings is 1. The van der Waals surface area contributed by atoms with E-state index in [1.807, 2.05) is 24.3 Å². The lowest BCUT2D eigenvalue weighted by Gasteiger charge is -2.36. The molecule has 1 amide bonds. The van der Waals surface area contributed by atoms with Gasteiger partial charge < -0.3 is 15.4 Å². The molecule has 1 atom stereocenters. The van der Waals surface area contributed by atoms with Crippen LogP contribution in [0.5, 0.6) is 5.75 Å². The Labute approximate surface area is 159 Å². The molecule has 6 heteroatoms. The van der Waals surface area contributed by atoms with Crippen LogP contribution in [-0.2, 0) is 4.79 Å². The molecule has 1 aliphatic rings. The predicted octanol–water partition coefficient (Wildman–Crippen LogP) is 2.48. The summed E-state index contributed by atoms with van der Waals surface area (Å²) in [5, 5.41) is 6.29. The fourth-order valence-corrected chi connectivity index (χ4v) is 3.38. The number of methoxy groups -OCH3 is 1. The summed E-state index contributed by atoms with van der Waals surface area (Å²) < 4.78 is 5.50. The van der Waals surface area contributed by atoms with Crippen molar-refractivity contribution in [2.45, 2.75) is 13.0 Å². The Morgan fingerprint density at radius 2 is 2.04 bits per heavy atom. The Bertz CT molecular complexity index is 822. The Morgan fingerprint density at radius 3 is 2.81 bits per heavy atom. The summed E-state index contributed by atoms with van der Waals surface area (Å²) in [5.41, 5.74) is 2.29. The number of carbonyl (C=O) groups excluding carboxylic acids is 2. The monoisotopic (exact) mass is 367 g/mol. The first kappa shape index (κ1) is 19.1. The number of ketones is 1.